The van der Waals surface area contributed by atoms with Crippen molar-refractivity contribution < 1.29 is 8.78 Å². The summed E-state index contributed by atoms with van der Waals surface area (Å²) < 4.78 is 26.8. The number of hydrogen-bond acceptors (Lipinski definition) is 1. The maximum absolute atomic E-state index is 13.5. The van der Waals surface area contributed by atoms with Crippen molar-refractivity contribution in [2.45, 2.75) is 6.54 Å². The van der Waals surface area contributed by atoms with Crippen molar-refractivity contribution >= 4 is 33.2 Å². The summed E-state index contributed by atoms with van der Waals surface area (Å²) in [4.78, 5) is 0. The Bertz CT molecular complexity index is 552. The van der Waals surface area contributed by atoms with Gasteiger partial charge in [-0.1, -0.05) is 29.8 Å². The van der Waals surface area contributed by atoms with Gasteiger partial charge < -0.3 is 5.32 Å². The van der Waals surface area contributed by atoms with Gasteiger partial charge >= 0.3 is 0 Å². The molecule has 0 atom stereocenters. The van der Waals surface area contributed by atoms with Crippen molar-refractivity contribution in [1.29, 1.82) is 0 Å². The standard InChI is InChI=1S/C13H9BrClF2N/c14-10-5-9(16)6-12(17)13(10)18-7-8-3-1-2-4-11(8)15/h1-6,18H,7H2. The summed E-state index contributed by atoms with van der Waals surface area (Å²) in [5.74, 6) is -1.27. The van der Waals surface area contributed by atoms with Gasteiger partial charge in [0.1, 0.15) is 11.6 Å². The largest absolute Gasteiger partial charge is 0.378 e. The predicted molar refractivity (Wildman–Crippen MR) is 72.8 cm³/mol. The minimum atomic E-state index is -0.645. The zero-order valence-corrected chi connectivity index (χ0v) is 11.5. The van der Waals surface area contributed by atoms with E-state index in [0.717, 1.165) is 11.6 Å². The van der Waals surface area contributed by atoms with E-state index in [0.29, 0.717) is 16.0 Å². The van der Waals surface area contributed by atoms with E-state index in [2.05, 4.69) is 21.2 Å². The number of nitrogens with one attached hydrogen (secondary N) is 1. The second kappa shape index (κ2) is 5.67. The third-order valence-corrected chi connectivity index (χ3v) is 3.41. The van der Waals surface area contributed by atoms with Gasteiger partial charge in [0.15, 0.2) is 0 Å². The third-order valence-electron chi connectivity index (χ3n) is 2.42. The lowest BCUT2D eigenvalue weighted by atomic mass is 10.2. The summed E-state index contributed by atoms with van der Waals surface area (Å²) in [6.45, 7) is 0.362. The van der Waals surface area contributed by atoms with Crippen LogP contribution in [0.1, 0.15) is 5.56 Å². The number of halogens is 4. The van der Waals surface area contributed by atoms with Crippen LogP contribution in [0.2, 0.25) is 5.02 Å². The van der Waals surface area contributed by atoms with E-state index in [1.807, 2.05) is 18.2 Å². The Labute approximate surface area is 117 Å². The molecule has 0 aromatic heterocycles. The van der Waals surface area contributed by atoms with Gasteiger partial charge in [0.05, 0.1) is 5.69 Å². The van der Waals surface area contributed by atoms with E-state index in [1.54, 1.807) is 6.07 Å². The van der Waals surface area contributed by atoms with Crippen LogP contribution in [-0.4, -0.2) is 0 Å². The van der Waals surface area contributed by atoms with Crippen LogP contribution in [-0.2, 0) is 6.54 Å². The Balaban J connectivity index is 2.19. The summed E-state index contributed by atoms with van der Waals surface area (Å²) >= 11 is 9.10. The number of anilines is 1. The predicted octanol–water partition coefficient (Wildman–Crippen LogP) is 4.99. The Kier molecular flexibility index (Phi) is 4.19. The summed E-state index contributed by atoms with van der Waals surface area (Å²) in [6.07, 6.45) is 0. The van der Waals surface area contributed by atoms with Gasteiger partial charge in [-0.15, -0.1) is 0 Å². The van der Waals surface area contributed by atoms with Crippen LogP contribution in [0.3, 0.4) is 0 Å². The van der Waals surface area contributed by atoms with Gasteiger partial charge in [-0.3, -0.25) is 0 Å². The van der Waals surface area contributed by atoms with Crippen molar-refractivity contribution in [3.05, 3.63) is 63.1 Å². The molecule has 0 unspecified atom stereocenters. The lowest BCUT2D eigenvalue weighted by Crippen LogP contribution is -2.03. The molecule has 0 aliphatic carbocycles. The molecule has 0 saturated carbocycles. The fourth-order valence-electron chi connectivity index (χ4n) is 1.54. The Morgan fingerprint density at radius 1 is 1.17 bits per heavy atom. The highest BCUT2D eigenvalue weighted by molar-refractivity contribution is 9.10. The van der Waals surface area contributed by atoms with Crippen LogP contribution in [0.15, 0.2) is 40.9 Å². The first-order valence-electron chi connectivity index (χ1n) is 5.20. The van der Waals surface area contributed by atoms with E-state index in [-0.39, 0.29) is 5.69 Å². The lowest BCUT2D eigenvalue weighted by molar-refractivity contribution is 0.583. The average molecular weight is 333 g/mol. The van der Waals surface area contributed by atoms with E-state index in [9.17, 15) is 8.78 Å². The molecule has 2 rings (SSSR count). The molecular formula is C13H9BrClF2N. The van der Waals surface area contributed by atoms with E-state index in [4.69, 9.17) is 11.6 Å². The van der Waals surface area contributed by atoms with Crippen molar-refractivity contribution in [2.75, 3.05) is 5.32 Å². The van der Waals surface area contributed by atoms with Crippen molar-refractivity contribution in [3.63, 3.8) is 0 Å². The Hall–Kier alpha value is -1.13. The topological polar surface area (TPSA) is 12.0 Å². The van der Waals surface area contributed by atoms with E-state index < -0.39 is 11.6 Å². The molecule has 0 spiro atoms. The van der Waals surface area contributed by atoms with Gasteiger partial charge in [-0.2, -0.15) is 0 Å². The minimum Gasteiger partial charge on any atom is -0.378 e. The van der Waals surface area contributed by atoms with Crippen LogP contribution in [0.4, 0.5) is 14.5 Å². The zero-order chi connectivity index (χ0) is 13.1. The number of hydrogen-bond donors (Lipinski definition) is 1. The molecule has 94 valence electrons. The molecule has 0 aliphatic rings. The lowest BCUT2D eigenvalue weighted by Gasteiger charge is -2.11. The fourth-order valence-corrected chi connectivity index (χ4v) is 2.29. The Morgan fingerprint density at radius 3 is 2.56 bits per heavy atom. The first kappa shape index (κ1) is 13.3. The third kappa shape index (κ3) is 3.00. The molecule has 2 aromatic rings. The first-order chi connectivity index (χ1) is 8.58. The average Bonchev–Trinajstić information content (AvgIpc) is 2.30. The summed E-state index contributed by atoms with van der Waals surface area (Å²) in [6, 6.07) is 9.30. The highest BCUT2D eigenvalue weighted by Gasteiger charge is 2.09. The van der Waals surface area contributed by atoms with Crippen molar-refractivity contribution in [3.8, 4) is 0 Å². The van der Waals surface area contributed by atoms with Crippen LogP contribution in [0, 0.1) is 11.6 Å². The van der Waals surface area contributed by atoms with E-state index in [1.165, 1.54) is 6.07 Å². The highest BCUT2D eigenvalue weighted by Crippen LogP contribution is 2.28. The maximum atomic E-state index is 13.5. The second-order valence-electron chi connectivity index (χ2n) is 3.69. The van der Waals surface area contributed by atoms with E-state index >= 15 is 0 Å². The molecule has 1 N–H and O–H groups in total. The molecule has 0 amide bonds. The minimum absolute atomic E-state index is 0.219. The fraction of sp³-hybridized carbons (Fsp3) is 0.0769. The molecule has 0 heterocycles. The SMILES string of the molecule is Fc1cc(F)c(NCc2ccccc2Cl)c(Br)c1. The molecule has 0 saturated heterocycles. The number of benzene rings is 2. The highest BCUT2D eigenvalue weighted by atomic mass is 79.9. The van der Waals surface area contributed by atoms with Crippen LogP contribution in [0.5, 0.6) is 0 Å². The normalized spacial score (nSPS) is 10.4. The monoisotopic (exact) mass is 331 g/mol. The van der Waals surface area contributed by atoms with Gasteiger partial charge in [-0.25, -0.2) is 8.78 Å². The van der Waals surface area contributed by atoms with Crippen LogP contribution in [0.25, 0.3) is 0 Å². The second-order valence-corrected chi connectivity index (χ2v) is 4.95. The van der Waals surface area contributed by atoms with Gasteiger partial charge in [0.2, 0.25) is 0 Å². The Morgan fingerprint density at radius 2 is 1.89 bits per heavy atom. The molecular weight excluding hydrogens is 324 g/mol. The van der Waals surface area contributed by atoms with Crippen molar-refractivity contribution in [1.82, 2.24) is 0 Å². The molecule has 5 heteroatoms. The first-order valence-corrected chi connectivity index (χ1v) is 6.37. The van der Waals surface area contributed by atoms with Crippen molar-refractivity contribution in [2.24, 2.45) is 0 Å². The summed E-state index contributed by atoms with van der Waals surface area (Å²) in [5.41, 5.74) is 1.06. The molecule has 1 nitrogen and oxygen atoms in total. The van der Waals surface area contributed by atoms with Gasteiger partial charge in [0, 0.05) is 22.1 Å². The molecule has 18 heavy (non-hydrogen) atoms. The van der Waals surface area contributed by atoms with Crippen LogP contribution >= 0.6 is 27.5 Å². The molecule has 0 radical (unpaired) electrons. The molecule has 0 bridgehead atoms. The zero-order valence-electron chi connectivity index (χ0n) is 9.18. The molecule has 0 fully saturated rings. The molecule has 2 aromatic carbocycles. The summed E-state index contributed by atoms with van der Waals surface area (Å²) in [5, 5.41) is 3.49. The van der Waals surface area contributed by atoms with Gasteiger partial charge in [-0.05, 0) is 33.6 Å². The number of rotatable bonds is 3. The van der Waals surface area contributed by atoms with Gasteiger partial charge in [0.25, 0.3) is 0 Å². The smallest absolute Gasteiger partial charge is 0.150 e. The maximum Gasteiger partial charge on any atom is 0.150 e. The summed E-state index contributed by atoms with van der Waals surface area (Å²) in [7, 11) is 0. The quantitative estimate of drug-likeness (QED) is 0.834. The molecule has 0 aliphatic heterocycles. The van der Waals surface area contributed by atoms with Crippen LogP contribution < -0.4 is 5.32 Å².